The molecule has 0 bridgehead atoms. The summed E-state index contributed by atoms with van der Waals surface area (Å²) in [5.41, 5.74) is 1.43. The van der Waals surface area contributed by atoms with Crippen LogP contribution in [0.5, 0.6) is 11.5 Å². The van der Waals surface area contributed by atoms with Gasteiger partial charge in [-0.25, -0.2) is 0 Å². The van der Waals surface area contributed by atoms with E-state index in [0.717, 1.165) is 5.56 Å². The Morgan fingerprint density at radius 2 is 1.74 bits per heavy atom. The van der Waals surface area contributed by atoms with Gasteiger partial charge in [0.15, 0.2) is 0 Å². The summed E-state index contributed by atoms with van der Waals surface area (Å²) in [4.78, 5) is 14.7. The Hall–Kier alpha value is -2.54. The van der Waals surface area contributed by atoms with Crippen LogP contribution in [0.15, 0.2) is 48.5 Å². The van der Waals surface area contributed by atoms with E-state index in [-0.39, 0.29) is 23.5 Å². The highest BCUT2D eigenvalue weighted by Gasteiger charge is 2.20. The molecular weight excluding hydrogens is 366 g/mol. The molecule has 0 spiro atoms. The fourth-order valence-electron chi connectivity index (χ4n) is 2.46. The quantitative estimate of drug-likeness (QED) is 0.644. The van der Waals surface area contributed by atoms with Crippen molar-refractivity contribution in [3.05, 3.63) is 59.7 Å². The van der Waals surface area contributed by atoms with Gasteiger partial charge in [0.2, 0.25) is 0 Å². The zero-order valence-electron chi connectivity index (χ0n) is 16.0. The summed E-state index contributed by atoms with van der Waals surface area (Å²) < 4.78 is 33.2. The van der Waals surface area contributed by atoms with Crippen molar-refractivity contribution in [3.63, 3.8) is 0 Å². The Labute approximate surface area is 160 Å². The van der Waals surface area contributed by atoms with Gasteiger partial charge < -0.3 is 13.8 Å². The maximum atomic E-state index is 12.9. The minimum Gasteiger partial charge on any atom is -0.497 e. The van der Waals surface area contributed by atoms with Crippen molar-refractivity contribution in [1.82, 2.24) is 4.90 Å². The van der Waals surface area contributed by atoms with Gasteiger partial charge in [-0.05, 0) is 56.7 Å². The van der Waals surface area contributed by atoms with Crippen molar-refractivity contribution in [2.24, 2.45) is 0 Å². The molecular formula is C20H25NO5S. The molecule has 27 heavy (non-hydrogen) atoms. The summed E-state index contributed by atoms with van der Waals surface area (Å²) >= 11 is 0. The number of benzene rings is 2. The average Bonchev–Trinajstić information content (AvgIpc) is 2.66. The molecule has 146 valence electrons. The van der Waals surface area contributed by atoms with Crippen molar-refractivity contribution < 1.29 is 22.1 Å². The summed E-state index contributed by atoms with van der Waals surface area (Å²) in [6.07, 6.45) is 0. The second-order valence-corrected chi connectivity index (χ2v) is 8.19. The van der Waals surface area contributed by atoms with Crippen molar-refractivity contribution in [2.75, 3.05) is 12.9 Å². The molecule has 2 rings (SSSR count). The Bertz CT molecular complexity index is 876. The first-order valence-electron chi connectivity index (χ1n) is 8.72. The lowest BCUT2D eigenvalue weighted by molar-refractivity contribution is 0.0690. The maximum absolute atomic E-state index is 12.9. The first-order valence-corrected chi connectivity index (χ1v) is 10.3. The van der Waals surface area contributed by atoms with Gasteiger partial charge in [-0.15, -0.1) is 0 Å². The van der Waals surface area contributed by atoms with Crippen LogP contribution < -0.4 is 8.92 Å². The summed E-state index contributed by atoms with van der Waals surface area (Å²) in [5, 5.41) is 0. The van der Waals surface area contributed by atoms with Crippen LogP contribution in [0.4, 0.5) is 0 Å². The number of carbonyl (C=O) groups is 1. The van der Waals surface area contributed by atoms with E-state index in [1.54, 1.807) is 60.5 Å². The van der Waals surface area contributed by atoms with Crippen LogP contribution in [0.2, 0.25) is 0 Å². The molecule has 0 saturated heterocycles. The minimum atomic E-state index is -3.55. The first kappa shape index (κ1) is 20.8. The lowest BCUT2D eigenvalue weighted by Crippen LogP contribution is -2.36. The highest BCUT2D eigenvalue weighted by Crippen LogP contribution is 2.20. The summed E-state index contributed by atoms with van der Waals surface area (Å²) in [6, 6.07) is 13.7. The van der Waals surface area contributed by atoms with E-state index in [4.69, 9.17) is 8.92 Å². The van der Waals surface area contributed by atoms with Gasteiger partial charge in [0.1, 0.15) is 11.5 Å². The van der Waals surface area contributed by atoms with Crippen molar-refractivity contribution >= 4 is 16.0 Å². The molecule has 0 saturated carbocycles. The lowest BCUT2D eigenvalue weighted by Gasteiger charge is -2.27. The molecule has 0 heterocycles. The van der Waals surface area contributed by atoms with Gasteiger partial charge in [-0.2, -0.15) is 8.42 Å². The van der Waals surface area contributed by atoms with Gasteiger partial charge in [-0.3, -0.25) is 4.79 Å². The Balaban J connectivity index is 2.17. The number of hydrogen-bond acceptors (Lipinski definition) is 5. The standard InChI is InChI=1S/C20H25NO5S/c1-5-27(23,24)26-18-11-9-16(10-12-18)14-21(15(2)3)20(22)17-7-6-8-19(13-17)25-4/h6-13,15H,5,14H2,1-4H3. The lowest BCUT2D eigenvalue weighted by atomic mass is 10.1. The predicted molar refractivity (Wildman–Crippen MR) is 105 cm³/mol. The number of methoxy groups -OCH3 is 1. The van der Waals surface area contributed by atoms with Crippen LogP contribution in [0, 0.1) is 0 Å². The van der Waals surface area contributed by atoms with Crippen molar-refractivity contribution in [2.45, 2.75) is 33.4 Å². The van der Waals surface area contributed by atoms with E-state index in [0.29, 0.717) is 17.9 Å². The van der Waals surface area contributed by atoms with Crippen LogP contribution in [0.1, 0.15) is 36.7 Å². The molecule has 6 nitrogen and oxygen atoms in total. The van der Waals surface area contributed by atoms with E-state index in [2.05, 4.69) is 0 Å². The fourth-order valence-corrected chi connectivity index (χ4v) is 2.99. The molecule has 2 aromatic carbocycles. The van der Waals surface area contributed by atoms with E-state index in [9.17, 15) is 13.2 Å². The van der Waals surface area contributed by atoms with E-state index in [1.807, 2.05) is 13.8 Å². The highest BCUT2D eigenvalue weighted by molar-refractivity contribution is 7.87. The first-order chi connectivity index (χ1) is 12.8. The predicted octanol–water partition coefficient (Wildman–Crippen LogP) is 3.47. The molecule has 0 aromatic heterocycles. The molecule has 0 unspecified atom stereocenters. The van der Waals surface area contributed by atoms with Crippen LogP contribution in [0.3, 0.4) is 0 Å². The van der Waals surface area contributed by atoms with E-state index >= 15 is 0 Å². The molecule has 7 heteroatoms. The van der Waals surface area contributed by atoms with Crippen molar-refractivity contribution in [1.29, 1.82) is 0 Å². The molecule has 0 aliphatic heterocycles. The van der Waals surface area contributed by atoms with E-state index in [1.165, 1.54) is 6.92 Å². The molecule has 2 aromatic rings. The number of ether oxygens (including phenoxy) is 1. The summed E-state index contributed by atoms with van der Waals surface area (Å²) in [6.45, 7) is 5.82. The third kappa shape index (κ3) is 5.72. The van der Waals surface area contributed by atoms with Crippen LogP contribution in [0.25, 0.3) is 0 Å². The van der Waals surface area contributed by atoms with Gasteiger partial charge in [0.25, 0.3) is 5.91 Å². The molecule has 0 N–H and O–H groups in total. The zero-order chi connectivity index (χ0) is 20.0. The van der Waals surface area contributed by atoms with Gasteiger partial charge >= 0.3 is 10.1 Å². The number of hydrogen-bond donors (Lipinski definition) is 0. The molecule has 0 aliphatic carbocycles. The van der Waals surface area contributed by atoms with Crippen LogP contribution in [-0.4, -0.2) is 38.1 Å². The SMILES string of the molecule is CCS(=O)(=O)Oc1ccc(CN(C(=O)c2cccc(OC)c2)C(C)C)cc1. The largest absolute Gasteiger partial charge is 0.497 e. The monoisotopic (exact) mass is 391 g/mol. The van der Waals surface area contributed by atoms with E-state index < -0.39 is 10.1 Å². The molecule has 0 atom stereocenters. The topological polar surface area (TPSA) is 72.9 Å². The van der Waals surface area contributed by atoms with Gasteiger partial charge in [0, 0.05) is 18.2 Å². The average molecular weight is 391 g/mol. The summed E-state index contributed by atoms with van der Waals surface area (Å²) in [5.74, 6) is 0.696. The number of rotatable bonds is 8. The molecule has 1 amide bonds. The third-order valence-corrected chi connectivity index (χ3v) is 5.21. The number of carbonyl (C=O) groups excluding carboxylic acids is 1. The molecule has 0 radical (unpaired) electrons. The van der Waals surface area contributed by atoms with Crippen LogP contribution in [-0.2, 0) is 16.7 Å². The molecule has 0 fully saturated rings. The summed E-state index contributed by atoms with van der Waals surface area (Å²) in [7, 11) is -1.99. The minimum absolute atomic E-state index is 0.0138. The van der Waals surface area contributed by atoms with Gasteiger partial charge in [-0.1, -0.05) is 18.2 Å². The number of nitrogens with zero attached hydrogens (tertiary/aromatic N) is 1. The Morgan fingerprint density at radius 1 is 1.07 bits per heavy atom. The maximum Gasteiger partial charge on any atom is 0.308 e. The zero-order valence-corrected chi connectivity index (χ0v) is 16.8. The van der Waals surface area contributed by atoms with Crippen LogP contribution >= 0.6 is 0 Å². The number of amides is 1. The highest BCUT2D eigenvalue weighted by atomic mass is 32.2. The Morgan fingerprint density at radius 3 is 2.30 bits per heavy atom. The smallest absolute Gasteiger partial charge is 0.308 e. The second-order valence-electron chi connectivity index (χ2n) is 6.33. The van der Waals surface area contributed by atoms with Crippen molar-refractivity contribution in [3.8, 4) is 11.5 Å². The molecule has 0 aliphatic rings. The fraction of sp³-hybridized carbons (Fsp3) is 0.350. The second kappa shape index (κ2) is 8.90. The normalized spacial score (nSPS) is 11.3. The third-order valence-electron chi connectivity index (χ3n) is 4.05. The van der Waals surface area contributed by atoms with Gasteiger partial charge in [0.05, 0.1) is 12.9 Å². The Kier molecular flexibility index (Phi) is 6.85.